The summed E-state index contributed by atoms with van der Waals surface area (Å²) >= 11 is 0. The number of carbonyl (C=O) groups is 1. The molecule has 1 amide bonds. The molecule has 0 radical (unpaired) electrons. The number of nitrogens with zero attached hydrogens (tertiary/aromatic N) is 2. The lowest BCUT2D eigenvalue weighted by molar-refractivity contribution is -0.126. The predicted octanol–water partition coefficient (Wildman–Crippen LogP) is 2.10. The molecule has 1 aliphatic heterocycles. The Labute approximate surface area is 164 Å². The van der Waals surface area contributed by atoms with Gasteiger partial charge in [-0.15, -0.1) is 0 Å². The zero-order chi connectivity index (χ0) is 20.2. The van der Waals surface area contributed by atoms with E-state index in [2.05, 4.69) is 24.1 Å². The van der Waals surface area contributed by atoms with E-state index in [4.69, 9.17) is 0 Å². The average molecular weight is 396 g/mol. The van der Waals surface area contributed by atoms with E-state index in [1.807, 2.05) is 33.2 Å². The molecule has 2 rings (SSSR count). The topological polar surface area (TPSA) is 69.7 Å². The van der Waals surface area contributed by atoms with Gasteiger partial charge in [0.15, 0.2) is 0 Å². The third-order valence-electron chi connectivity index (χ3n) is 5.40. The summed E-state index contributed by atoms with van der Waals surface area (Å²) in [6.45, 7) is 7.60. The average Bonchev–Trinajstić information content (AvgIpc) is 2.61. The standard InChI is InChI=1S/C20H33N3O3S/c1-15(2)19(22(4)5)14-21-20(24)17-10-12-23(13-11-17)27(25,26)18-8-6-16(3)7-9-18/h6-9,15,17,19H,10-14H2,1-5H3,(H,21,24). The van der Waals surface area contributed by atoms with Crippen molar-refractivity contribution in [3.8, 4) is 0 Å². The number of likely N-dealkylation sites (N-methyl/N-ethyl adjacent to an activating group) is 1. The third-order valence-corrected chi connectivity index (χ3v) is 7.31. The summed E-state index contributed by atoms with van der Waals surface area (Å²) in [4.78, 5) is 15.0. The summed E-state index contributed by atoms with van der Waals surface area (Å²) in [6, 6.07) is 7.20. The van der Waals surface area contributed by atoms with Crippen molar-refractivity contribution >= 4 is 15.9 Å². The summed E-state index contributed by atoms with van der Waals surface area (Å²) in [7, 11) is 0.557. The van der Waals surface area contributed by atoms with Crippen LogP contribution in [0.25, 0.3) is 0 Å². The molecule has 1 aliphatic rings. The van der Waals surface area contributed by atoms with E-state index >= 15 is 0 Å². The second kappa shape index (κ2) is 9.17. The van der Waals surface area contributed by atoms with Crippen molar-refractivity contribution in [3.63, 3.8) is 0 Å². The van der Waals surface area contributed by atoms with Crippen molar-refractivity contribution in [1.82, 2.24) is 14.5 Å². The van der Waals surface area contributed by atoms with Crippen molar-refractivity contribution in [1.29, 1.82) is 0 Å². The first kappa shape index (κ1) is 21.9. The number of aryl methyl sites for hydroxylation is 1. The summed E-state index contributed by atoms with van der Waals surface area (Å²) in [5.41, 5.74) is 1.03. The maximum Gasteiger partial charge on any atom is 0.243 e. The van der Waals surface area contributed by atoms with Gasteiger partial charge in [0.1, 0.15) is 0 Å². The number of piperidine rings is 1. The summed E-state index contributed by atoms with van der Waals surface area (Å²) in [6.07, 6.45) is 1.12. The second-order valence-corrected chi connectivity index (χ2v) is 9.95. The molecule has 1 fully saturated rings. The Hall–Kier alpha value is -1.44. The van der Waals surface area contributed by atoms with E-state index in [1.54, 1.807) is 12.1 Å². The first-order valence-electron chi connectivity index (χ1n) is 9.64. The van der Waals surface area contributed by atoms with Crippen molar-refractivity contribution in [3.05, 3.63) is 29.8 Å². The van der Waals surface area contributed by atoms with Gasteiger partial charge in [-0.3, -0.25) is 4.79 Å². The van der Waals surface area contributed by atoms with E-state index in [1.165, 1.54) is 4.31 Å². The van der Waals surface area contributed by atoms with Gasteiger partial charge in [0.25, 0.3) is 0 Å². The molecule has 6 nitrogen and oxygen atoms in total. The highest BCUT2D eigenvalue weighted by molar-refractivity contribution is 7.89. The SMILES string of the molecule is Cc1ccc(S(=O)(=O)N2CCC(C(=O)NCC(C(C)C)N(C)C)CC2)cc1. The maximum atomic E-state index is 12.8. The van der Waals surface area contributed by atoms with Crippen LogP contribution in [0.5, 0.6) is 0 Å². The van der Waals surface area contributed by atoms with Gasteiger partial charge >= 0.3 is 0 Å². The Bertz CT molecular complexity index is 713. The molecule has 1 N–H and O–H groups in total. The predicted molar refractivity (Wildman–Crippen MR) is 108 cm³/mol. The summed E-state index contributed by atoms with van der Waals surface area (Å²) < 4.78 is 27.0. The molecule has 1 heterocycles. The number of sulfonamides is 1. The van der Waals surface area contributed by atoms with Crippen molar-refractivity contribution in [2.45, 2.75) is 44.6 Å². The van der Waals surface area contributed by atoms with Crippen molar-refractivity contribution < 1.29 is 13.2 Å². The second-order valence-electron chi connectivity index (χ2n) is 8.01. The first-order valence-corrected chi connectivity index (χ1v) is 11.1. The normalized spacial score (nSPS) is 18.0. The lowest BCUT2D eigenvalue weighted by Gasteiger charge is -2.32. The summed E-state index contributed by atoms with van der Waals surface area (Å²) in [5, 5.41) is 3.06. The highest BCUT2D eigenvalue weighted by atomic mass is 32.2. The largest absolute Gasteiger partial charge is 0.354 e. The van der Waals surface area contributed by atoms with Gasteiger partial charge in [-0.2, -0.15) is 4.31 Å². The zero-order valence-corrected chi connectivity index (χ0v) is 17.9. The van der Waals surface area contributed by atoms with Gasteiger partial charge in [0.05, 0.1) is 4.90 Å². The number of hydrogen-bond donors (Lipinski definition) is 1. The summed E-state index contributed by atoms with van der Waals surface area (Å²) in [5.74, 6) is 0.362. The Morgan fingerprint density at radius 1 is 1.19 bits per heavy atom. The lowest BCUT2D eigenvalue weighted by atomic mass is 9.96. The van der Waals surface area contributed by atoms with E-state index in [0.717, 1.165) is 5.56 Å². The first-order chi connectivity index (χ1) is 12.6. The Morgan fingerprint density at radius 3 is 2.22 bits per heavy atom. The van der Waals surface area contributed by atoms with Gasteiger partial charge in [0.2, 0.25) is 15.9 Å². The fraction of sp³-hybridized carbons (Fsp3) is 0.650. The zero-order valence-electron chi connectivity index (χ0n) is 17.1. The molecule has 152 valence electrons. The molecule has 27 heavy (non-hydrogen) atoms. The fourth-order valence-corrected chi connectivity index (χ4v) is 5.05. The van der Waals surface area contributed by atoms with Gasteiger partial charge in [0, 0.05) is 31.6 Å². The van der Waals surface area contributed by atoms with Crippen LogP contribution in [0.4, 0.5) is 0 Å². The highest BCUT2D eigenvalue weighted by Crippen LogP contribution is 2.24. The minimum atomic E-state index is -3.48. The fourth-order valence-electron chi connectivity index (χ4n) is 3.58. The van der Waals surface area contributed by atoms with Crippen LogP contribution in [0.3, 0.4) is 0 Å². The quantitative estimate of drug-likeness (QED) is 0.768. The molecule has 1 aromatic rings. The number of rotatable bonds is 7. The monoisotopic (exact) mass is 395 g/mol. The number of amides is 1. The lowest BCUT2D eigenvalue weighted by Crippen LogP contribution is -2.47. The molecular formula is C20H33N3O3S. The van der Waals surface area contributed by atoms with Gasteiger partial charge in [-0.25, -0.2) is 8.42 Å². The molecule has 0 aromatic heterocycles. The smallest absolute Gasteiger partial charge is 0.243 e. The van der Waals surface area contributed by atoms with Crippen LogP contribution in [0.2, 0.25) is 0 Å². The minimum Gasteiger partial charge on any atom is -0.354 e. The number of benzene rings is 1. The molecule has 7 heteroatoms. The van der Waals surface area contributed by atoms with Crippen LogP contribution in [0, 0.1) is 18.8 Å². The van der Waals surface area contributed by atoms with Crippen LogP contribution in [0.15, 0.2) is 29.2 Å². The molecule has 1 unspecified atom stereocenters. The van der Waals surface area contributed by atoms with Crippen LogP contribution in [-0.2, 0) is 14.8 Å². The number of nitrogens with one attached hydrogen (secondary N) is 1. The van der Waals surface area contributed by atoms with Crippen LogP contribution in [0.1, 0.15) is 32.3 Å². The molecule has 0 saturated carbocycles. The molecule has 0 spiro atoms. The minimum absolute atomic E-state index is 0.0369. The van der Waals surface area contributed by atoms with E-state index < -0.39 is 10.0 Å². The Kier molecular flexibility index (Phi) is 7.42. The van der Waals surface area contributed by atoms with E-state index in [-0.39, 0.29) is 17.9 Å². The Balaban J connectivity index is 1.90. The van der Waals surface area contributed by atoms with Gasteiger partial charge in [-0.05, 0) is 51.9 Å². The van der Waals surface area contributed by atoms with Crippen molar-refractivity contribution in [2.24, 2.45) is 11.8 Å². The molecule has 1 aromatic carbocycles. The van der Waals surface area contributed by atoms with Gasteiger partial charge in [-0.1, -0.05) is 31.5 Å². The number of carbonyl (C=O) groups excluding carboxylic acids is 1. The molecule has 1 atom stereocenters. The molecule has 1 saturated heterocycles. The number of hydrogen-bond acceptors (Lipinski definition) is 4. The third kappa shape index (κ3) is 5.53. The molecular weight excluding hydrogens is 362 g/mol. The van der Waals surface area contributed by atoms with Crippen LogP contribution >= 0.6 is 0 Å². The molecule has 0 bridgehead atoms. The maximum absolute atomic E-state index is 12.8. The Morgan fingerprint density at radius 2 is 1.74 bits per heavy atom. The van der Waals surface area contributed by atoms with Crippen LogP contribution < -0.4 is 5.32 Å². The van der Waals surface area contributed by atoms with Crippen molar-refractivity contribution in [2.75, 3.05) is 33.7 Å². The van der Waals surface area contributed by atoms with E-state index in [0.29, 0.717) is 43.3 Å². The van der Waals surface area contributed by atoms with Crippen LogP contribution in [-0.4, -0.2) is 63.3 Å². The molecule has 0 aliphatic carbocycles. The highest BCUT2D eigenvalue weighted by Gasteiger charge is 2.32. The van der Waals surface area contributed by atoms with E-state index in [9.17, 15) is 13.2 Å². The van der Waals surface area contributed by atoms with Gasteiger partial charge < -0.3 is 10.2 Å².